The van der Waals surface area contributed by atoms with Crippen molar-refractivity contribution in [3.05, 3.63) is 35.9 Å². The lowest BCUT2D eigenvalue weighted by Crippen LogP contribution is -2.43. The number of aromatic nitrogens is 3. The standard InChI is InChI=1S/C33H33F5N6O3/c34-18-13-33(8-4-9-43(33)14-18)16-46-32-41-27-24-29(42-32)44-10-3-1-2-5-20(44)15-45-30(24)40-26(25(27)36)21-12-19(39)11-17-6-7-22(35)28(23(17)21)47-31(37)38/h6-7,11-12,18,20,31H,1-5,8-10,13-16,39H2/t18-,20+,33+/m1/s1. The molecule has 2 aromatic heterocycles. The number of fused-ring (bicyclic) bond motifs is 4. The molecule has 0 radical (unpaired) electrons. The predicted octanol–water partition coefficient (Wildman–Crippen LogP) is 6.40. The number of alkyl halides is 3. The second-order valence-electron chi connectivity index (χ2n) is 12.9. The van der Waals surface area contributed by atoms with Crippen LogP contribution in [0.1, 0.15) is 44.9 Å². The van der Waals surface area contributed by atoms with E-state index in [0.717, 1.165) is 51.1 Å². The van der Waals surface area contributed by atoms with Crippen LogP contribution < -0.4 is 24.8 Å². The number of hydrogen-bond acceptors (Lipinski definition) is 9. The Labute approximate surface area is 266 Å². The van der Waals surface area contributed by atoms with E-state index in [9.17, 15) is 17.6 Å². The molecule has 3 atom stereocenters. The summed E-state index contributed by atoms with van der Waals surface area (Å²) in [6.07, 6.45) is 4.78. The normalized spacial score (nSPS) is 24.3. The van der Waals surface area contributed by atoms with E-state index >= 15 is 4.39 Å². The molecule has 2 aromatic carbocycles. The van der Waals surface area contributed by atoms with Crippen molar-refractivity contribution in [2.45, 2.75) is 69.3 Å². The van der Waals surface area contributed by atoms with E-state index in [1.54, 1.807) is 0 Å². The van der Waals surface area contributed by atoms with Crippen LogP contribution in [0.3, 0.4) is 0 Å². The first-order valence-electron chi connectivity index (χ1n) is 16.0. The average molecular weight is 657 g/mol. The van der Waals surface area contributed by atoms with Crippen molar-refractivity contribution in [1.29, 1.82) is 0 Å². The van der Waals surface area contributed by atoms with E-state index in [1.165, 1.54) is 18.2 Å². The average Bonchev–Trinajstić information content (AvgIpc) is 3.39. The summed E-state index contributed by atoms with van der Waals surface area (Å²) in [6.45, 7) is -1.20. The Morgan fingerprint density at radius 1 is 1.04 bits per heavy atom. The third kappa shape index (κ3) is 5.11. The van der Waals surface area contributed by atoms with Gasteiger partial charge in [-0.05, 0) is 55.8 Å². The van der Waals surface area contributed by atoms with Gasteiger partial charge in [-0.25, -0.2) is 18.2 Å². The molecule has 3 saturated heterocycles. The van der Waals surface area contributed by atoms with Gasteiger partial charge in [0.15, 0.2) is 17.4 Å². The maximum absolute atomic E-state index is 17.0. The van der Waals surface area contributed by atoms with Crippen LogP contribution in [-0.2, 0) is 0 Å². The number of ether oxygens (including phenoxy) is 3. The lowest BCUT2D eigenvalue weighted by Gasteiger charge is -2.31. The van der Waals surface area contributed by atoms with Crippen molar-refractivity contribution in [1.82, 2.24) is 19.9 Å². The predicted molar refractivity (Wildman–Crippen MR) is 165 cm³/mol. The van der Waals surface area contributed by atoms with Gasteiger partial charge in [0.05, 0.1) is 11.6 Å². The van der Waals surface area contributed by atoms with Gasteiger partial charge in [0.2, 0.25) is 5.88 Å². The van der Waals surface area contributed by atoms with E-state index in [1.807, 2.05) is 0 Å². The van der Waals surface area contributed by atoms with Gasteiger partial charge in [-0.3, -0.25) is 4.90 Å². The highest BCUT2D eigenvalue weighted by atomic mass is 19.3. The highest BCUT2D eigenvalue weighted by molar-refractivity contribution is 6.05. The third-order valence-electron chi connectivity index (χ3n) is 10.0. The quantitative estimate of drug-likeness (QED) is 0.187. The Bertz CT molecular complexity index is 1880. The first kappa shape index (κ1) is 30.2. The molecule has 0 amide bonds. The Balaban J connectivity index is 1.33. The number of halogens is 5. The molecule has 9 nitrogen and oxygen atoms in total. The minimum atomic E-state index is -3.35. The number of nitrogen functional groups attached to an aromatic ring is 1. The van der Waals surface area contributed by atoms with E-state index in [4.69, 9.17) is 20.2 Å². The summed E-state index contributed by atoms with van der Waals surface area (Å²) in [7, 11) is 0. The number of rotatable bonds is 6. The Morgan fingerprint density at radius 3 is 2.77 bits per heavy atom. The van der Waals surface area contributed by atoms with E-state index < -0.39 is 35.7 Å². The molecule has 4 aromatic rings. The van der Waals surface area contributed by atoms with Crippen molar-refractivity contribution in [2.75, 3.05) is 43.5 Å². The van der Waals surface area contributed by atoms with Crippen molar-refractivity contribution >= 4 is 33.2 Å². The van der Waals surface area contributed by atoms with Gasteiger partial charge in [0.1, 0.15) is 41.8 Å². The third-order valence-corrected chi connectivity index (χ3v) is 10.0. The minimum Gasteiger partial charge on any atom is -0.475 e. The van der Waals surface area contributed by atoms with Crippen molar-refractivity contribution in [3.63, 3.8) is 0 Å². The van der Waals surface area contributed by atoms with Crippen molar-refractivity contribution in [3.8, 4) is 28.9 Å². The Hall–Kier alpha value is -4.20. The monoisotopic (exact) mass is 656 g/mol. The lowest BCUT2D eigenvalue weighted by molar-refractivity contribution is -0.0510. The second-order valence-corrected chi connectivity index (χ2v) is 12.9. The number of nitrogens with two attached hydrogens (primary N) is 1. The highest BCUT2D eigenvalue weighted by Gasteiger charge is 2.49. The first-order valence-corrected chi connectivity index (χ1v) is 16.0. The number of nitrogens with zero attached hydrogens (tertiary/aromatic N) is 5. The molecule has 248 valence electrons. The molecule has 8 rings (SSSR count). The van der Waals surface area contributed by atoms with Crippen LogP contribution in [0.2, 0.25) is 0 Å². The molecular formula is C33H33F5N6O3. The summed E-state index contributed by atoms with van der Waals surface area (Å²) >= 11 is 0. The number of benzene rings is 2. The minimum absolute atomic E-state index is 0.0472. The van der Waals surface area contributed by atoms with E-state index in [0.29, 0.717) is 25.3 Å². The largest absolute Gasteiger partial charge is 0.475 e. The molecule has 14 heteroatoms. The van der Waals surface area contributed by atoms with E-state index in [-0.39, 0.29) is 69.8 Å². The summed E-state index contributed by atoms with van der Waals surface area (Å²) in [4.78, 5) is 18.1. The van der Waals surface area contributed by atoms with Crippen LogP contribution in [0, 0.1) is 11.6 Å². The molecule has 6 heterocycles. The summed E-state index contributed by atoms with van der Waals surface area (Å²) in [5.41, 5.74) is 5.28. The van der Waals surface area contributed by atoms with Crippen LogP contribution in [0.15, 0.2) is 24.3 Å². The SMILES string of the molecule is Nc1cc(-c2nc3c4c(nc(OC[C@@]56CCCN5C[C@H](F)C6)nc4c2F)N2CCCCC[C@H]2CO3)c2c(OC(F)F)c(F)ccc2c1. The van der Waals surface area contributed by atoms with Gasteiger partial charge in [-0.2, -0.15) is 18.7 Å². The van der Waals surface area contributed by atoms with Crippen molar-refractivity contribution in [2.24, 2.45) is 0 Å². The van der Waals surface area contributed by atoms with Crippen LogP contribution in [0.4, 0.5) is 33.5 Å². The fraction of sp³-hybridized carbons (Fsp3) is 0.485. The van der Waals surface area contributed by atoms with Gasteiger partial charge in [0, 0.05) is 36.1 Å². The van der Waals surface area contributed by atoms with Gasteiger partial charge in [-0.1, -0.05) is 18.9 Å². The molecule has 4 aliphatic heterocycles. The van der Waals surface area contributed by atoms with E-state index in [2.05, 4.69) is 24.5 Å². The second kappa shape index (κ2) is 11.5. The zero-order valence-corrected chi connectivity index (χ0v) is 25.5. The molecule has 3 fully saturated rings. The molecular weight excluding hydrogens is 623 g/mol. The van der Waals surface area contributed by atoms with Crippen LogP contribution in [0.25, 0.3) is 32.9 Å². The zero-order chi connectivity index (χ0) is 32.4. The molecule has 2 N–H and O–H groups in total. The van der Waals surface area contributed by atoms with Crippen molar-refractivity contribution < 1.29 is 36.2 Å². The molecule has 0 bridgehead atoms. The van der Waals surface area contributed by atoms with Crippen LogP contribution in [-0.4, -0.2) is 77.1 Å². The summed E-state index contributed by atoms with van der Waals surface area (Å²) < 4.78 is 90.4. The Morgan fingerprint density at radius 2 is 1.91 bits per heavy atom. The zero-order valence-electron chi connectivity index (χ0n) is 25.5. The molecule has 0 aliphatic carbocycles. The molecule has 0 spiro atoms. The topological polar surface area (TPSA) is 98.9 Å². The fourth-order valence-electron chi connectivity index (χ4n) is 7.93. The molecule has 4 aliphatic rings. The van der Waals surface area contributed by atoms with Gasteiger partial charge < -0.3 is 24.8 Å². The number of anilines is 2. The van der Waals surface area contributed by atoms with Gasteiger partial charge in [0.25, 0.3) is 0 Å². The maximum Gasteiger partial charge on any atom is 0.387 e. The highest BCUT2D eigenvalue weighted by Crippen LogP contribution is 2.46. The first-order chi connectivity index (χ1) is 22.7. The van der Waals surface area contributed by atoms with Crippen LogP contribution >= 0.6 is 0 Å². The smallest absolute Gasteiger partial charge is 0.387 e. The number of pyridine rings is 1. The summed E-state index contributed by atoms with van der Waals surface area (Å²) in [6, 6.07) is 4.95. The molecule has 0 saturated carbocycles. The summed E-state index contributed by atoms with van der Waals surface area (Å²) in [5, 5.41) is 0.360. The maximum atomic E-state index is 17.0. The molecule has 47 heavy (non-hydrogen) atoms. The van der Waals surface area contributed by atoms with Crippen LogP contribution in [0.5, 0.6) is 17.6 Å². The lowest BCUT2D eigenvalue weighted by atomic mass is 9.95. The fourth-order valence-corrected chi connectivity index (χ4v) is 7.93. The van der Waals surface area contributed by atoms with Gasteiger partial charge in [-0.15, -0.1) is 0 Å². The molecule has 0 unspecified atom stereocenters. The summed E-state index contributed by atoms with van der Waals surface area (Å²) in [5.74, 6) is -2.27. The Kier molecular flexibility index (Phi) is 7.38. The van der Waals surface area contributed by atoms with Gasteiger partial charge >= 0.3 is 12.6 Å². The number of hydrogen-bond donors (Lipinski definition) is 1.